The minimum Gasteiger partial charge on any atom is -0.497 e. The molecule has 10 heteroatoms. The Hall–Kier alpha value is -3.53. The van der Waals surface area contributed by atoms with E-state index in [9.17, 15) is 18.0 Å². The minimum atomic E-state index is -4.44. The fourth-order valence-corrected chi connectivity index (χ4v) is 3.57. The summed E-state index contributed by atoms with van der Waals surface area (Å²) in [5.41, 5.74) is 0.693. The molecular formula is C26H30F3N3O4. The van der Waals surface area contributed by atoms with Crippen molar-refractivity contribution >= 4 is 5.91 Å². The Bertz CT molecular complexity index is 1160. The molecule has 7 nitrogen and oxygen atoms in total. The first kappa shape index (κ1) is 27.1. The number of carbonyl (C=O) groups excluding carboxylic acids is 1. The maximum Gasteiger partial charge on any atom is 0.416 e. The monoisotopic (exact) mass is 505 g/mol. The lowest BCUT2D eigenvalue weighted by Crippen LogP contribution is -2.32. The van der Waals surface area contributed by atoms with Crippen LogP contribution in [0.5, 0.6) is 11.5 Å². The standard InChI is InChI=1S/C26H30F3N3O4/c1-5-17(2)30-25(33)22-16-36-24(31-22)15-32(13-18-7-6-8-20(11-18)26(27,28)29)14-19-9-10-21(34-3)12-23(19)35-4/h6-12,16-17H,5,13-15H2,1-4H3,(H,30,33). The molecular weight excluding hydrogens is 475 g/mol. The quantitative estimate of drug-likeness (QED) is 0.374. The lowest BCUT2D eigenvalue weighted by atomic mass is 10.1. The van der Waals surface area contributed by atoms with Crippen LogP contribution < -0.4 is 14.8 Å². The number of nitrogens with zero attached hydrogens (tertiary/aromatic N) is 2. The van der Waals surface area contributed by atoms with Crippen molar-refractivity contribution in [2.75, 3.05) is 14.2 Å². The highest BCUT2D eigenvalue weighted by molar-refractivity contribution is 5.92. The van der Waals surface area contributed by atoms with Crippen LogP contribution in [0, 0.1) is 0 Å². The number of methoxy groups -OCH3 is 2. The van der Waals surface area contributed by atoms with Crippen molar-refractivity contribution in [2.24, 2.45) is 0 Å². The number of halogens is 3. The second kappa shape index (κ2) is 11.9. The zero-order valence-electron chi connectivity index (χ0n) is 20.7. The van der Waals surface area contributed by atoms with Crippen molar-refractivity contribution in [3.8, 4) is 11.5 Å². The molecule has 3 rings (SSSR count). The molecule has 1 aromatic heterocycles. The molecule has 3 aromatic rings. The molecule has 0 saturated heterocycles. The number of ether oxygens (including phenoxy) is 2. The molecule has 194 valence electrons. The van der Waals surface area contributed by atoms with E-state index in [0.717, 1.165) is 24.1 Å². The summed E-state index contributed by atoms with van der Waals surface area (Å²) in [5.74, 6) is 1.11. The lowest BCUT2D eigenvalue weighted by molar-refractivity contribution is -0.137. The number of alkyl halides is 3. The van der Waals surface area contributed by atoms with E-state index in [4.69, 9.17) is 13.9 Å². The Kier molecular flexibility index (Phi) is 8.98. The highest BCUT2D eigenvalue weighted by atomic mass is 19.4. The van der Waals surface area contributed by atoms with Crippen LogP contribution >= 0.6 is 0 Å². The van der Waals surface area contributed by atoms with Gasteiger partial charge in [0.05, 0.1) is 26.3 Å². The van der Waals surface area contributed by atoms with E-state index in [0.29, 0.717) is 23.6 Å². The van der Waals surface area contributed by atoms with Gasteiger partial charge in [0.2, 0.25) is 5.89 Å². The number of benzene rings is 2. The first-order valence-corrected chi connectivity index (χ1v) is 11.5. The molecule has 2 aromatic carbocycles. The summed E-state index contributed by atoms with van der Waals surface area (Å²) in [5, 5.41) is 2.83. The largest absolute Gasteiger partial charge is 0.497 e. The molecule has 36 heavy (non-hydrogen) atoms. The summed E-state index contributed by atoms with van der Waals surface area (Å²) < 4.78 is 56.0. The SMILES string of the molecule is CCC(C)NC(=O)c1coc(CN(Cc2cccc(C(F)(F)F)c2)Cc2ccc(OC)cc2OC)n1. The summed E-state index contributed by atoms with van der Waals surface area (Å²) in [6.45, 7) is 4.49. The van der Waals surface area contributed by atoms with Crippen LogP contribution in [-0.4, -0.2) is 36.1 Å². The Morgan fingerprint density at radius 2 is 1.89 bits per heavy atom. The summed E-state index contributed by atoms with van der Waals surface area (Å²) in [6.07, 6.45) is -2.39. The molecule has 0 bridgehead atoms. The van der Waals surface area contributed by atoms with E-state index in [2.05, 4.69) is 10.3 Å². The summed E-state index contributed by atoms with van der Waals surface area (Å²) in [6, 6.07) is 10.5. The zero-order chi connectivity index (χ0) is 26.3. The summed E-state index contributed by atoms with van der Waals surface area (Å²) in [4.78, 5) is 18.5. The average molecular weight is 506 g/mol. The van der Waals surface area contributed by atoms with Crippen molar-refractivity contribution in [1.82, 2.24) is 15.2 Å². The van der Waals surface area contributed by atoms with Gasteiger partial charge in [0.25, 0.3) is 5.91 Å². The smallest absolute Gasteiger partial charge is 0.416 e. The van der Waals surface area contributed by atoms with Gasteiger partial charge in [-0.3, -0.25) is 9.69 Å². The number of aromatic nitrogens is 1. The number of hydrogen-bond acceptors (Lipinski definition) is 6. The van der Waals surface area contributed by atoms with Crippen molar-refractivity contribution in [1.29, 1.82) is 0 Å². The topological polar surface area (TPSA) is 76.8 Å². The maximum absolute atomic E-state index is 13.3. The first-order chi connectivity index (χ1) is 17.1. The normalized spacial score (nSPS) is 12.4. The molecule has 0 aliphatic heterocycles. The first-order valence-electron chi connectivity index (χ1n) is 11.5. The van der Waals surface area contributed by atoms with Crippen LogP contribution in [0.15, 0.2) is 53.1 Å². The van der Waals surface area contributed by atoms with Crippen LogP contribution in [0.2, 0.25) is 0 Å². The van der Waals surface area contributed by atoms with Crippen LogP contribution in [0.25, 0.3) is 0 Å². The number of oxazole rings is 1. The third kappa shape index (κ3) is 7.24. The van der Waals surface area contributed by atoms with Crippen LogP contribution in [0.3, 0.4) is 0 Å². The number of carbonyl (C=O) groups is 1. The molecule has 1 amide bonds. The maximum atomic E-state index is 13.3. The zero-order valence-corrected chi connectivity index (χ0v) is 20.7. The van der Waals surface area contributed by atoms with E-state index in [1.165, 1.54) is 19.4 Å². The van der Waals surface area contributed by atoms with Gasteiger partial charge in [-0.25, -0.2) is 4.98 Å². The van der Waals surface area contributed by atoms with Gasteiger partial charge in [0.15, 0.2) is 5.69 Å². The fourth-order valence-electron chi connectivity index (χ4n) is 3.57. The second-order valence-electron chi connectivity index (χ2n) is 8.43. The summed E-state index contributed by atoms with van der Waals surface area (Å²) >= 11 is 0. The van der Waals surface area contributed by atoms with Gasteiger partial charge >= 0.3 is 6.18 Å². The van der Waals surface area contributed by atoms with E-state index >= 15 is 0 Å². The molecule has 0 radical (unpaired) electrons. The lowest BCUT2D eigenvalue weighted by Gasteiger charge is -2.23. The second-order valence-corrected chi connectivity index (χ2v) is 8.43. The molecule has 0 aliphatic rings. The Labute approximate surface area is 208 Å². The number of rotatable bonds is 11. The van der Waals surface area contributed by atoms with Crippen LogP contribution in [0.4, 0.5) is 13.2 Å². The minimum absolute atomic E-state index is 0.0161. The van der Waals surface area contributed by atoms with E-state index in [1.54, 1.807) is 25.3 Å². The van der Waals surface area contributed by atoms with Gasteiger partial charge in [-0.15, -0.1) is 0 Å². The number of amides is 1. The Morgan fingerprint density at radius 1 is 1.11 bits per heavy atom. The highest BCUT2D eigenvalue weighted by Gasteiger charge is 2.30. The van der Waals surface area contributed by atoms with Gasteiger partial charge in [-0.1, -0.05) is 31.2 Å². The Morgan fingerprint density at radius 3 is 2.56 bits per heavy atom. The summed E-state index contributed by atoms with van der Waals surface area (Å²) in [7, 11) is 3.08. The van der Waals surface area contributed by atoms with E-state index < -0.39 is 11.7 Å². The molecule has 0 saturated carbocycles. The van der Waals surface area contributed by atoms with Gasteiger partial charge in [-0.2, -0.15) is 13.2 Å². The molecule has 1 unspecified atom stereocenters. The number of nitrogens with one attached hydrogen (secondary N) is 1. The predicted octanol–water partition coefficient (Wildman–Crippen LogP) is 5.44. The molecule has 1 heterocycles. The molecule has 0 spiro atoms. The Balaban J connectivity index is 1.86. The van der Waals surface area contributed by atoms with Crippen molar-refractivity contribution in [3.63, 3.8) is 0 Å². The van der Waals surface area contributed by atoms with Crippen LogP contribution in [0.1, 0.15) is 53.3 Å². The highest BCUT2D eigenvalue weighted by Crippen LogP contribution is 2.31. The molecule has 1 atom stereocenters. The third-order valence-corrected chi connectivity index (χ3v) is 5.68. The molecule has 1 N–H and O–H groups in total. The van der Waals surface area contributed by atoms with Gasteiger partial charge in [-0.05, 0) is 31.0 Å². The van der Waals surface area contributed by atoms with E-state index in [-0.39, 0.29) is 36.6 Å². The van der Waals surface area contributed by atoms with Crippen molar-refractivity contribution in [3.05, 3.63) is 77.0 Å². The molecule has 0 fully saturated rings. The average Bonchev–Trinajstić information content (AvgIpc) is 3.32. The van der Waals surface area contributed by atoms with Crippen molar-refractivity contribution in [2.45, 2.75) is 52.1 Å². The fraction of sp³-hybridized carbons (Fsp3) is 0.385. The van der Waals surface area contributed by atoms with Crippen LogP contribution in [-0.2, 0) is 25.8 Å². The van der Waals surface area contributed by atoms with Crippen molar-refractivity contribution < 1.29 is 31.9 Å². The van der Waals surface area contributed by atoms with Gasteiger partial charge in [0.1, 0.15) is 17.8 Å². The number of hydrogen-bond donors (Lipinski definition) is 1. The predicted molar refractivity (Wildman–Crippen MR) is 128 cm³/mol. The van der Waals surface area contributed by atoms with Gasteiger partial charge < -0.3 is 19.2 Å². The molecule has 0 aliphatic carbocycles. The van der Waals surface area contributed by atoms with Gasteiger partial charge in [0, 0.05) is 30.8 Å². The van der Waals surface area contributed by atoms with E-state index in [1.807, 2.05) is 24.8 Å². The third-order valence-electron chi connectivity index (χ3n) is 5.68.